The number of hydrogen-bond acceptors (Lipinski definition) is 3. The second kappa shape index (κ2) is 5.59. The van der Waals surface area contributed by atoms with Crippen LogP contribution in [0.15, 0.2) is 0 Å². The zero-order chi connectivity index (χ0) is 16.7. The van der Waals surface area contributed by atoms with Gasteiger partial charge in [-0.25, -0.2) is 0 Å². The summed E-state index contributed by atoms with van der Waals surface area (Å²) >= 11 is 0. The fourth-order valence-electron chi connectivity index (χ4n) is 3.16. The maximum Gasteiger partial charge on any atom is 0.311 e. The van der Waals surface area contributed by atoms with Gasteiger partial charge in [0.25, 0.3) is 5.91 Å². The molecule has 2 N–H and O–H groups in total. The Morgan fingerprint density at radius 3 is 2.45 bits per heavy atom. The van der Waals surface area contributed by atoms with E-state index in [2.05, 4.69) is 4.98 Å². The first-order valence-corrected chi connectivity index (χ1v) is 7.46. The van der Waals surface area contributed by atoms with E-state index in [-0.39, 0.29) is 18.2 Å². The number of nitrogens with zero attached hydrogens (tertiary/aromatic N) is 1. The van der Waals surface area contributed by atoms with Gasteiger partial charge in [-0.05, 0) is 39.2 Å². The SMILES string of the molecule is CCc1c(C(=O)N2CCC(C)(C(=O)O)C2)[nH]c(C)c1C(C)=O. The molecule has 2 heterocycles. The molecule has 1 unspecified atom stereocenters. The van der Waals surface area contributed by atoms with Crippen molar-refractivity contribution in [3.05, 3.63) is 22.5 Å². The minimum Gasteiger partial charge on any atom is -0.481 e. The van der Waals surface area contributed by atoms with Crippen molar-refractivity contribution in [2.24, 2.45) is 5.41 Å². The van der Waals surface area contributed by atoms with Gasteiger partial charge < -0.3 is 15.0 Å². The van der Waals surface area contributed by atoms with E-state index in [0.29, 0.717) is 36.3 Å². The number of carbonyl (C=O) groups is 3. The number of H-pyrrole nitrogens is 1. The molecule has 0 spiro atoms. The fraction of sp³-hybridized carbons (Fsp3) is 0.562. The van der Waals surface area contributed by atoms with Gasteiger partial charge in [0.1, 0.15) is 5.69 Å². The molecular formula is C16H22N2O4. The summed E-state index contributed by atoms with van der Waals surface area (Å²) in [5.41, 5.74) is 1.50. The van der Waals surface area contributed by atoms with Crippen LogP contribution in [0.2, 0.25) is 0 Å². The number of aromatic nitrogens is 1. The predicted molar refractivity (Wildman–Crippen MR) is 81.2 cm³/mol. The van der Waals surface area contributed by atoms with Gasteiger partial charge in [0.05, 0.1) is 5.41 Å². The van der Waals surface area contributed by atoms with Crippen molar-refractivity contribution in [1.82, 2.24) is 9.88 Å². The van der Waals surface area contributed by atoms with E-state index < -0.39 is 11.4 Å². The second-order valence-electron chi connectivity index (χ2n) is 6.23. The summed E-state index contributed by atoms with van der Waals surface area (Å²) in [4.78, 5) is 40.4. The molecule has 1 aromatic heterocycles. The summed E-state index contributed by atoms with van der Waals surface area (Å²) in [7, 11) is 0. The van der Waals surface area contributed by atoms with Crippen LogP contribution in [0.5, 0.6) is 0 Å². The molecule has 22 heavy (non-hydrogen) atoms. The molecule has 1 aromatic rings. The van der Waals surface area contributed by atoms with Crippen LogP contribution in [0, 0.1) is 12.3 Å². The molecule has 120 valence electrons. The third-order valence-electron chi connectivity index (χ3n) is 4.49. The van der Waals surface area contributed by atoms with Crippen LogP contribution >= 0.6 is 0 Å². The molecule has 0 aliphatic carbocycles. The van der Waals surface area contributed by atoms with Crippen molar-refractivity contribution < 1.29 is 19.5 Å². The van der Waals surface area contributed by atoms with Gasteiger partial charge in [0.15, 0.2) is 5.78 Å². The third-order valence-corrected chi connectivity index (χ3v) is 4.49. The quantitative estimate of drug-likeness (QED) is 0.833. The Morgan fingerprint density at radius 1 is 1.36 bits per heavy atom. The van der Waals surface area contributed by atoms with Gasteiger partial charge in [-0.3, -0.25) is 14.4 Å². The molecule has 0 radical (unpaired) electrons. The molecule has 1 fully saturated rings. The van der Waals surface area contributed by atoms with Crippen LogP contribution < -0.4 is 0 Å². The van der Waals surface area contributed by atoms with Crippen molar-refractivity contribution >= 4 is 17.7 Å². The Morgan fingerprint density at radius 2 is 2.00 bits per heavy atom. The van der Waals surface area contributed by atoms with E-state index >= 15 is 0 Å². The lowest BCUT2D eigenvalue weighted by Crippen LogP contribution is -2.35. The van der Waals surface area contributed by atoms with E-state index in [1.165, 1.54) is 6.92 Å². The molecular weight excluding hydrogens is 284 g/mol. The fourth-order valence-corrected chi connectivity index (χ4v) is 3.16. The van der Waals surface area contributed by atoms with E-state index in [4.69, 9.17) is 0 Å². The largest absolute Gasteiger partial charge is 0.481 e. The van der Waals surface area contributed by atoms with Gasteiger partial charge in [-0.15, -0.1) is 0 Å². The minimum absolute atomic E-state index is 0.0681. The first-order chi connectivity index (χ1) is 10.2. The number of carboxylic acid groups (broad SMARTS) is 1. The van der Waals surface area contributed by atoms with Crippen LogP contribution in [0.3, 0.4) is 0 Å². The molecule has 1 atom stereocenters. The number of aryl methyl sites for hydroxylation is 1. The highest BCUT2D eigenvalue weighted by atomic mass is 16.4. The molecule has 0 saturated carbocycles. The smallest absolute Gasteiger partial charge is 0.311 e. The molecule has 1 amide bonds. The summed E-state index contributed by atoms with van der Waals surface area (Å²) in [6, 6.07) is 0. The molecule has 6 nitrogen and oxygen atoms in total. The highest BCUT2D eigenvalue weighted by molar-refractivity contribution is 6.03. The number of hydrogen-bond donors (Lipinski definition) is 2. The van der Waals surface area contributed by atoms with Crippen molar-refractivity contribution in [3.63, 3.8) is 0 Å². The molecule has 1 saturated heterocycles. The number of Topliss-reactive ketones (excluding diaryl/α,β-unsaturated/α-hetero) is 1. The van der Waals surface area contributed by atoms with Crippen LogP contribution in [-0.2, 0) is 11.2 Å². The van der Waals surface area contributed by atoms with Gasteiger partial charge in [-0.2, -0.15) is 0 Å². The predicted octanol–water partition coefficient (Wildman–Crippen LogP) is 2.02. The van der Waals surface area contributed by atoms with Crippen molar-refractivity contribution in [2.75, 3.05) is 13.1 Å². The minimum atomic E-state index is -0.896. The standard InChI is InChI=1S/C16H22N2O4/c1-5-11-12(10(3)19)9(2)17-13(11)14(20)18-7-6-16(4,8-18)15(21)22/h17H,5-8H2,1-4H3,(H,21,22). The summed E-state index contributed by atoms with van der Waals surface area (Å²) in [6.07, 6.45) is 1.01. The van der Waals surface area contributed by atoms with Gasteiger partial charge in [0, 0.05) is 24.3 Å². The molecule has 2 rings (SSSR count). The summed E-state index contributed by atoms with van der Waals surface area (Å²) in [5, 5.41) is 9.27. The number of nitrogens with one attached hydrogen (secondary N) is 1. The Kier molecular flexibility index (Phi) is 4.13. The van der Waals surface area contributed by atoms with Gasteiger partial charge >= 0.3 is 5.97 Å². The number of amides is 1. The van der Waals surface area contributed by atoms with E-state index in [0.717, 1.165) is 5.56 Å². The topological polar surface area (TPSA) is 90.5 Å². The number of aromatic amines is 1. The van der Waals surface area contributed by atoms with Crippen LogP contribution in [-0.4, -0.2) is 45.7 Å². The highest BCUT2D eigenvalue weighted by Crippen LogP contribution is 2.32. The Bertz CT molecular complexity index is 647. The first-order valence-electron chi connectivity index (χ1n) is 7.46. The second-order valence-corrected chi connectivity index (χ2v) is 6.23. The average Bonchev–Trinajstić information content (AvgIpc) is 2.99. The molecule has 1 aliphatic rings. The number of aliphatic carboxylic acids is 1. The monoisotopic (exact) mass is 306 g/mol. The number of ketones is 1. The summed E-state index contributed by atoms with van der Waals surface area (Å²) in [6.45, 7) is 7.43. The van der Waals surface area contributed by atoms with E-state index in [1.807, 2.05) is 6.92 Å². The zero-order valence-corrected chi connectivity index (χ0v) is 13.4. The molecule has 1 aliphatic heterocycles. The van der Waals surface area contributed by atoms with Crippen LogP contribution in [0.1, 0.15) is 59.3 Å². The number of rotatable bonds is 4. The van der Waals surface area contributed by atoms with Crippen molar-refractivity contribution in [3.8, 4) is 0 Å². The van der Waals surface area contributed by atoms with E-state index in [9.17, 15) is 19.5 Å². The molecule has 0 aromatic carbocycles. The Balaban J connectivity index is 2.34. The molecule has 0 bridgehead atoms. The Labute approximate surface area is 129 Å². The number of carboxylic acids is 1. The van der Waals surface area contributed by atoms with E-state index in [1.54, 1.807) is 18.7 Å². The summed E-state index contributed by atoms with van der Waals surface area (Å²) in [5.74, 6) is -1.18. The lowest BCUT2D eigenvalue weighted by molar-refractivity contribution is -0.147. The maximum atomic E-state index is 12.7. The van der Waals surface area contributed by atoms with Crippen molar-refractivity contribution in [2.45, 2.75) is 40.5 Å². The average molecular weight is 306 g/mol. The lowest BCUT2D eigenvalue weighted by atomic mass is 9.90. The number of likely N-dealkylation sites (tertiary alicyclic amines) is 1. The van der Waals surface area contributed by atoms with Gasteiger partial charge in [-0.1, -0.05) is 6.92 Å². The first kappa shape index (κ1) is 16.3. The molecule has 6 heteroatoms. The van der Waals surface area contributed by atoms with Gasteiger partial charge in [0.2, 0.25) is 0 Å². The zero-order valence-electron chi connectivity index (χ0n) is 13.4. The Hall–Kier alpha value is -2.11. The van der Waals surface area contributed by atoms with Crippen LogP contribution in [0.25, 0.3) is 0 Å². The summed E-state index contributed by atoms with van der Waals surface area (Å²) < 4.78 is 0. The normalized spacial score (nSPS) is 21.2. The lowest BCUT2D eigenvalue weighted by Gasteiger charge is -2.20. The van der Waals surface area contributed by atoms with Crippen LogP contribution in [0.4, 0.5) is 0 Å². The maximum absolute atomic E-state index is 12.7. The third kappa shape index (κ3) is 2.53. The number of carbonyl (C=O) groups excluding carboxylic acids is 2. The highest BCUT2D eigenvalue weighted by Gasteiger charge is 2.43. The van der Waals surface area contributed by atoms with Crippen molar-refractivity contribution in [1.29, 1.82) is 0 Å².